The van der Waals surface area contributed by atoms with E-state index in [4.69, 9.17) is 9.47 Å². The number of rotatable bonds is 4. The molecule has 0 fully saturated rings. The second kappa shape index (κ2) is 5.83. The zero-order valence-corrected chi connectivity index (χ0v) is 14.1. The number of hydrogen-bond donors (Lipinski definition) is 1. The van der Waals surface area contributed by atoms with E-state index in [0.29, 0.717) is 36.5 Å². The summed E-state index contributed by atoms with van der Waals surface area (Å²) in [5.74, 6) is 1.37. The van der Waals surface area contributed by atoms with E-state index < -0.39 is 0 Å². The highest BCUT2D eigenvalue weighted by atomic mass is 79.9. The number of anilines is 1. The van der Waals surface area contributed by atoms with Crippen molar-refractivity contribution in [2.75, 3.05) is 12.1 Å². The van der Waals surface area contributed by atoms with Gasteiger partial charge in [-0.05, 0) is 35.4 Å². The maximum absolute atomic E-state index is 12.7. The van der Waals surface area contributed by atoms with Crippen LogP contribution < -0.4 is 14.8 Å². The predicted molar refractivity (Wildman–Crippen MR) is 90.0 cm³/mol. The molecule has 0 bridgehead atoms. The van der Waals surface area contributed by atoms with Crippen molar-refractivity contribution in [1.82, 2.24) is 4.90 Å². The van der Waals surface area contributed by atoms with E-state index in [2.05, 4.69) is 21.2 Å². The lowest BCUT2D eigenvalue weighted by Gasteiger charge is -2.16. The van der Waals surface area contributed by atoms with Crippen LogP contribution in [0.15, 0.2) is 34.8 Å². The molecule has 4 rings (SSSR count). The predicted octanol–water partition coefficient (Wildman–Crippen LogP) is 2.90. The second-order valence-corrected chi connectivity index (χ2v) is 6.45. The van der Waals surface area contributed by atoms with Gasteiger partial charge in [0.1, 0.15) is 0 Å². The van der Waals surface area contributed by atoms with Crippen molar-refractivity contribution in [3.8, 4) is 11.5 Å². The Morgan fingerprint density at radius 2 is 2.04 bits per heavy atom. The lowest BCUT2D eigenvalue weighted by molar-refractivity contribution is -0.105. The van der Waals surface area contributed by atoms with Crippen LogP contribution in [0.3, 0.4) is 0 Å². The largest absolute Gasteiger partial charge is 0.454 e. The van der Waals surface area contributed by atoms with E-state index in [1.54, 1.807) is 17.0 Å². The summed E-state index contributed by atoms with van der Waals surface area (Å²) in [5, 5.41) is 2.58. The van der Waals surface area contributed by atoms with Gasteiger partial charge in [-0.3, -0.25) is 9.59 Å². The van der Waals surface area contributed by atoms with Crippen LogP contribution in [0, 0.1) is 0 Å². The fraction of sp³-hybridized carbons (Fsp3) is 0.176. The van der Waals surface area contributed by atoms with Crippen LogP contribution in [-0.2, 0) is 17.9 Å². The Kier molecular flexibility index (Phi) is 3.65. The van der Waals surface area contributed by atoms with Gasteiger partial charge in [-0.25, -0.2) is 0 Å². The van der Waals surface area contributed by atoms with E-state index in [0.717, 1.165) is 21.3 Å². The maximum atomic E-state index is 12.7. The molecule has 0 atom stereocenters. The molecule has 2 aromatic rings. The van der Waals surface area contributed by atoms with Crippen molar-refractivity contribution >= 4 is 33.9 Å². The Hall–Kier alpha value is -2.54. The van der Waals surface area contributed by atoms with Gasteiger partial charge in [-0.1, -0.05) is 22.0 Å². The summed E-state index contributed by atoms with van der Waals surface area (Å²) < 4.78 is 11.5. The van der Waals surface area contributed by atoms with E-state index in [9.17, 15) is 9.59 Å². The summed E-state index contributed by atoms with van der Waals surface area (Å²) >= 11 is 3.48. The summed E-state index contributed by atoms with van der Waals surface area (Å²) in [6, 6.07) is 9.18. The molecular weight excluding hydrogens is 376 g/mol. The lowest BCUT2D eigenvalue weighted by Crippen LogP contribution is -2.23. The Balaban J connectivity index is 1.59. The zero-order valence-electron chi connectivity index (χ0n) is 12.5. The van der Waals surface area contributed by atoms with E-state index in [-0.39, 0.29) is 12.7 Å². The lowest BCUT2D eigenvalue weighted by atomic mass is 10.1. The van der Waals surface area contributed by atoms with Gasteiger partial charge in [0.05, 0.1) is 0 Å². The molecule has 0 aliphatic carbocycles. The third-order valence-corrected chi connectivity index (χ3v) is 4.81. The highest BCUT2D eigenvalue weighted by molar-refractivity contribution is 9.10. The van der Waals surface area contributed by atoms with Crippen molar-refractivity contribution in [3.63, 3.8) is 0 Å². The fourth-order valence-corrected chi connectivity index (χ4v) is 3.55. The minimum atomic E-state index is -0.0575. The smallest absolute Gasteiger partial charge is 0.254 e. The summed E-state index contributed by atoms with van der Waals surface area (Å²) in [5.41, 5.74) is 3.10. The molecule has 7 heteroatoms. The van der Waals surface area contributed by atoms with Crippen LogP contribution in [0.4, 0.5) is 5.69 Å². The molecule has 2 aromatic carbocycles. The quantitative estimate of drug-likeness (QED) is 0.817. The molecule has 2 amide bonds. The van der Waals surface area contributed by atoms with Crippen LogP contribution in [-0.4, -0.2) is 24.0 Å². The molecule has 0 aromatic heterocycles. The fourth-order valence-electron chi connectivity index (χ4n) is 2.96. The molecule has 24 heavy (non-hydrogen) atoms. The number of hydrogen-bond acceptors (Lipinski definition) is 4. The summed E-state index contributed by atoms with van der Waals surface area (Å²) in [7, 11) is 0. The molecule has 1 N–H and O–H groups in total. The van der Waals surface area contributed by atoms with Gasteiger partial charge in [-0.15, -0.1) is 0 Å². The molecule has 2 aliphatic heterocycles. The maximum Gasteiger partial charge on any atom is 0.254 e. The molecule has 122 valence electrons. The van der Waals surface area contributed by atoms with Gasteiger partial charge in [-0.2, -0.15) is 0 Å². The first-order valence-corrected chi connectivity index (χ1v) is 8.15. The number of amides is 2. The summed E-state index contributed by atoms with van der Waals surface area (Å²) in [4.78, 5) is 25.1. The SMILES string of the molecule is O=CNc1cc(Br)c2c(c1)C(=O)N(Cc1ccc3c(c1)OCO3)C2. The molecule has 0 spiro atoms. The first-order chi connectivity index (χ1) is 11.7. The molecule has 2 aliphatic rings. The average Bonchev–Trinajstić information content (AvgIpc) is 3.14. The number of halogens is 1. The zero-order chi connectivity index (χ0) is 16.7. The number of benzene rings is 2. The number of fused-ring (bicyclic) bond motifs is 2. The standard InChI is InChI=1S/C17H13BrN2O4/c18-14-5-11(19-8-21)4-12-13(14)7-20(17(12)22)6-10-1-2-15-16(3-10)24-9-23-15/h1-5,8H,6-7,9H2,(H,19,21). The molecule has 2 heterocycles. The minimum Gasteiger partial charge on any atom is -0.454 e. The van der Waals surface area contributed by atoms with Crippen LogP contribution >= 0.6 is 15.9 Å². The van der Waals surface area contributed by atoms with Gasteiger partial charge in [0.15, 0.2) is 11.5 Å². The normalized spacial score (nSPS) is 14.7. The summed E-state index contributed by atoms with van der Waals surface area (Å²) in [6.07, 6.45) is 0.595. The van der Waals surface area contributed by atoms with Crippen LogP contribution in [0.5, 0.6) is 11.5 Å². The first kappa shape index (κ1) is 15.0. The molecule has 0 saturated heterocycles. The number of carbonyl (C=O) groups excluding carboxylic acids is 2. The van der Waals surface area contributed by atoms with Crippen LogP contribution in [0.2, 0.25) is 0 Å². The van der Waals surface area contributed by atoms with E-state index in [1.165, 1.54) is 0 Å². The third-order valence-electron chi connectivity index (χ3n) is 4.10. The van der Waals surface area contributed by atoms with Crippen LogP contribution in [0.25, 0.3) is 0 Å². The van der Waals surface area contributed by atoms with E-state index in [1.807, 2.05) is 18.2 Å². The molecular formula is C17H13BrN2O4. The highest BCUT2D eigenvalue weighted by Crippen LogP contribution is 2.36. The monoisotopic (exact) mass is 388 g/mol. The average molecular weight is 389 g/mol. The van der Waals surface area contributed by atoms with Crippen LogP contribution in [0.1, 0.15) is 21.5 Å². The third kappa shape index (κ3) is 2.50. The molecule has 0 unspecified atom stereocenters. The second-order valence-electron chi connectivity index (χ2n) is 5.60. The van der Waals surface area contributed by atoms with Crippen molar-refractivity contribution in [3.05, 3.63) is 51.5 Å². The van der Waals surface area contributed by atoms with Gasteiger partial charge < -0.3 is 19.7 Å². The number of nitrogens with one attached hydrogen (secondary N) is 1. The Labute approximate surface area is 146 Å². The molecule has 6 nitrogen and oxygen atoms in total. The molecule has 0 radical (unpaired) electrons. The van der Waals surface area contributed by atoms with Crippen molar-refractivity contribution in [2.24, 2.45) is 0 Å². The highest BCUT2D eigenvalue weighted by Gasteiger charge is 2.30. The van der Waals surface area contributed by atoms with E-state index >= 15 is 0 Å². The Morgan fingerprint density at radius 3 is 2.88 bits per heavy atom. The van der Waals surface area contributed by atoms with Gasteiger partial charge in [0.2, 0.25) is 13.2 Å². The molecule has 0 saturated carbocycles. The van der Waals surface area contributed by atoms with Gasteiger partial charge in [0, 0.05) is 28.8 Å². The Morgan fingerprint density at radius 1 is 1.21 bits per heavy atom. The number of nitrogens with zero attached hydrogens (tertiary/aromatic N) is 1. The number of ether oxygens (including phenoxy) is 2. The first-order valence-electron chi connectivity index (χ1n) is 7.36. The number of carbonyl (C=O) groups is 2. The van der Waals surface area contributed by atoms with Gasteiger partial charge >= 0.3 is 0 Å². The Bertz CT molecular complexity index is 853. The van der Waals surface area contributed by atoms with Crippen molar-refractivity contribution in [2.45, 2.75) is 13.1 Å². The topological polar surface area (TPSA) is 67.9 Å². The van der Waals surface area contributed by atoms with Gasteiger partial charge in [0.25, 0.3) is 5.91 Å². The van der Waals surface area contributed by atoms with Crippen molar-refractivity contribution < 1.29 is 19.1 Å². The minimum absolute atomic E-state index is 0.0575. The van der Waals surface area contributed by atoms with Crippen molar-refractivity contribution in [1.29, 1.82) is 0 Å². The summed E-state index contributed by atoms with van der Waals surface area (Å²) in [6.45, 7) is 1.23.